The van der Waals surface area contributed by atoms with Gasteiger partial charge in [0.25, 0.3) is 0 Å². The number of carbonyl (C=O) groups is 1. The topological polar surface area (TPSA) is 104 Å². The van der Waals surface area contributed by atoms with Crippen LogP contribution in [0.5, 0.6) is 0 Å². The number of sulfonamides is 1. The van der Waals surface area contributed by atoms with Crippen LogP contribution in [0.3, 0.4) is 0 Å². The Kier molecular flexibility index (Phi) is 6.47. The Bertz CT molecular complexity index is 631. The lowest BCUT2D eigenvalue weighted by Gasteiger charge is -2.22. The first-order valence-electron chi connectivity index (χ1n) is 5.83. The van der Waals surface area contributed by atoms with Crippen LogP contribution in [0.4, 0.5) is 0 Å². The van der Waals surface area contributed by atoms with E-state index in [9.17, 15) is 18.3 Å². The Labute approximate surface area is 141 Å². The third-order valence-electron chi connectivity index (χ3n) is 2.58. The number of rotatable bonds is 7. The van der Waals surface area contributed by atoms with Crippen molar-refractivity contribution in [2.24, 2.45) is 0 Å². The molecular weight excluding hydrogens is 429 g/mol. The van der Waals surface area contributed by atoms with E-state index in [1.807, 2.05) is 22.6 Å². The Morgan fingerprint density at radius 1 is 1.48 bits per heavy atom. The molecule has 1 atom stereocenters. The van der Waals surface area contributed by atoms with Gasteiger partial charge in [0.15, 0.2) is 0 Å². The van der Waals surface area contributed by atoms with Gasteiger partial charge in [-0.3, -0.25) is 0 Å². The maximum absolute atomic E-state index is 12.1. The largest absolute Gasteiger partial charge is 0.478 e. The minimum absolute atomic E-state index is 0.0747. The van der Waals surface area contributed by atoms with E-state index in [1.165, 1.54) is 30.8 Å². The van der Waals surface area contributed by atoms with Crippen molar-refractivity contribution in [2.45, 2.75) is 17.4 Å². The van der Waals surface area contributed by atoms with Crippen molar-refractivity contribution < 1.29 is 23.4 Å². The number of thioether (sulfide) groups is 1. The highest BCUT2D eigenvalue weighted by molar-refractivity contribution is 14.1. The predicted molar refractivity (Wildman–Crippen MR) is 90.3 cm³/mol. The number of nitrogens with one attached hydrogen (secondary N) is 1. The van der Waals surface area contributed by atoms with Crippen LogP contribution in [0.25, 0.3) is 0 Å². The van der Waals surface area contributed by atoms with E-state index in [0.29, 0.717) is 9.32 Å². The fourth-order valence-corrected chi connectivity index (χ4v) is 4.01. The lowest BCUT2D eigenvalue weighted by atomic mass is 10.1. The van der Waals surface area contributed by atoms with Crippen molar-refractivity contribution in [3.63, 3.8) is 0 Å². The number of aromatic carboxylic acids is 1. The van der Waals surface area contributed by atoms with E-state index in [1.54, 1.807) is 6.26 Å². The standard InChI is InChI=1S/C12H16INO5S2/c1-12(17,7-20-2)6-14-21(18,19)8-3-4-10(13)9(5-8)11(15)16/h3-5,14,17H,6-7H2,1-2H3,(H,15,16). The summed E-state index contributed by atoms with van der Waals surface area (Å²) in [6, 6.07) is 3.87. The van der Waals surface area contributed by atoms with E-state index in [2.05, 4.69) is 4.72 Å². The summed E-state index contributed by atoms with van der Waals surface area (Å²) in [5, 5.41) is 19.0. The third-order valence-corrected chi connectivity index (χ3v) is 5.83. The molecule has 6 nitrogen and oxygen atoms in total. The molecule has 21 heavy (non-hydrogen) atoms. The SMILES string of the molecule is CSCC(C)(O)CNS(=O)(=O)c1ccc(I)c(C(=O)O)c1. The molecule has 118 valence electrons. The number of aliphatic hydroxyl groups is 1. The molecule has 0 amide bonds. The maximum Gasteiger partial charge on any atom is 0.336 e. The summed E-state index contributed by atoms with van der Waals surface area (Å²) in [5.41, 5.74) is -1.25. The van der Waals surface area contributed by atoms with Gasteiger partial charge in [-0.05, 0) is 54.0 Å². The van der Waals surface area contributed by atoms with Gasteiger partial charge in [-0.2, -0.15) is 11.8 Å². The molecule has 0 aromatic heterocycles. The molecule has 0 saturated heterocycles. The molecule has 0 heterocycles. The Morgan fingerprint density at radius 3 is 2.62 bits per heavy atom. The van der Waals surface area contributed by atoms with Gasteiger partial charge < -0.3 is 10.2 Å². The van der Waals surface area contributed by atoms with Crippen molar-refractivity contribution in [1.29, 1.82) is 0 Å². The first-order chi connectivity index (χ1) is 9.59. The predicted octanol–water partition coefficient (Wildman–Crippen LogP) is 1.38. The monoisotopic (exact) mass is 445 g/mol. The van der Waals surface area contributed by atoms with E-state index in [-0.39, 0.29) is 17.0 Å². The number of carboxylic acid groups (broad SMARTS) is 1. The lowest BCUT2D eigenvalue weighted by molar-refractivity contribution is 0.0695. The van der Waals surface area contributed by atoms with Gasteiger partial charge in [0, 0.05) is 15.9 Å². The molecular formula is C12H16INO5S2. The molecule has 1 aromatic carbocycles. The molecule has 0 aliphatic rings. The quantitative estimate of drug-likeness (QED) is 0.548. The summed E-state index contributed by atoms with van der Waals surface area (Å²) in [4.78, 5) is 10.9. The molecule has 0 spiro atoms. The van der Waals surface area contributed by atoms with Gasteiger partial charge in [0.2, 0.25) is 10.0 Å². The summed E-state index contributed by atoms with van der Waals surface area (Å²) < 4.78 is 27.0. The lowest BCUT2D eigenvalue weighted by Crippen LogP contribution is -2.42. The number of hydrogen-bond acceptors (Lipinski definition) is 5. The van der Waals surface area contributed by atoms with Crippen molar-refractivity contribution in [3.8, 4) is 0 Å². The van der Waals surface area contributed by atoms with E-state index in [0.717, 1.165) is 6.07 Å². The third kappa shape index (κ3) is 5.40. The zero-order valence-electron chi connectivity index (χ0n) is 11.5. The van der Waals surface area contributed by atoms with Gasteiger partial charge >= 0.3 is 5.97 Å². The minimum atomic E-state index is -3.87. The smallest absolute Gasteiger partial charge is 0.336 e. The molecule has 0 saturated carbocycles. The zero-order valence-corrected chi connectivity index (χ0v) is 15.3. The molecule has 1 unspecified atom stereocenters. The van der Waals surface area contributed by atoms with E-state index < -0.39 is 21.6 Å². The molecule has 0 radical (unpaired) electrons. The van der Waals surface area contributed by atoms with E-state index >= 15 is 0 Å². The molecule has 0 fully saturated rings. The van der Waals surface area contributed by atoms with Crippen LogP contribution in [0.15, 0.2) is 23.1 Å². The normalized spacial score (nSPS) is 14.7. The van der Waals surface area contributed by atoms with Gasteiger partial charge in [0.05, 0.1) is 16.1 Å². The highest BCUT2D eigenvalue weighted by atomic mass is 127. The summed E-state index contributed by atoms with van der Waals surface area (Å²) in [5.74, 6) is -0.811. The summed E-state index contributed by atoms with van der Waals surface area (Å²) in [7, 11) is -3.87. The Hall–Kier alpha value is -0.360. The van der Waals surface area contributed by atoms with Crippen molar-refractivity contribution in [2.75, 3.05) is 18.6 Å². The first-order valence-corrected chi connectivity index (χ1v) is 9.78. The number of benzene rings is 1. The molecule has 1 rings (SSSR count). The average Bonchev–Trinajstić information content (AvgIpc) is 2.36. The maximum atomic E-state index is 12.1. The molecule has 3 N–H and O–H groups in total. The van der Waals surface area contributed by atoms with Crippen molar-refractivity contribution >= 4 is 50.3 Å². The van der Waals surface area contributed by atoms with Crippen LogP contribution in [0.2, 0.25) is 0 Å². The van der Waals surface area contributed by atoms with Crippen molar-refractivity contribution in [1.82, 2.24) is 4.72 Å². The van der Waals surface area contributed by atoms with Crippen molar-refractivity contribution in [3.05, 3.63) is 27.3 Å². The Balaban J connectivity index is 2.99. The fraction of sp³-hybridized carbons (Fsp3) is 0.417. The zero-order chi connectivity index (χ0) is 16.3. The molecule has 0 aliphatic carbocycles. The average molecular weight is 445 g/mol. The number of carboxylic acids is 1. The molecule has 0 aliphatic heterocycles. The highest BCUT2D eigenvalue weighted by Crippen LogP contribution is 2.18. The molecule has 1 aromatic rings. The van der Waals surface area contributed by atoms with Crippen LogP contribution in [0, 0.1) is 3.57 Å². The number of halogens is 1. The summed E-state index contributed by atoms with van der Waals surface area (Å²) in [6.45, 7) is 1.38. The summed E-state index contributed by atoms with van der Waals surface area (Å²) >= 11 is 3.23. The Morgan fingerprint density at radius 2 is 2.10 bits per heavy atom. The minimum Gasteiger partial charge on any atom is -0.478 e. The van der Waals surface area contributed by atoms with Gasteiger partial charge in [-0.25, -0.2) is 17.9 Å². The second-order valence-electron chi connectivity index (χ2n) is 4.70. The second-order valence-corrected chi connectivity index (χ2v) is 8.50. The fourth-order valence-electron chi connectivity index (χ4n) is 1.53. The first kappa shape index (κ1) is 18.7. The van der Waals surface area contributed by atoms with E-state index in [4.69, 9.17) is 5.11 Å². The van der Waals surface area contributed by atoms with Crippen LogP contribution >= 0.6 is 34.4 Å². The van der Waals surface area contributed by atoms with Crippen LogP contribution in [-0.2, 0) is 10.0 Å². The second kappa shape index (κ2) is 7.27. The van der Waals surface area contributed by atoms with Gasteiger partial charge in [-0.15, -0.1) is 0 Å². The van der Waals surface area contributed by atoms with Crippen LogP contribution in [-0.4, -0.2) is 48.8 Å². The molecule has 0 bridgehead atoms. The van der Waals surface area contributed by atoms with Gasteiger partial charge in [0.1, 0.15) is 0 Å². The van der Waals surface area contributed by atoms with Crippen LogP contribution < -0.4 is 4.72 Å². The van der Waals surface area contributed by atoms with Gasteiger partial charge in [-0.1, -0.05) is 0 Å². The number of hydrogen-bond donors (Lipinski definition) is 3. The van der Waals surface area contributed by atoms with Crippen LogP contribution in [0.1, 0.15) is 17.3 Å². The highest BCUT2D eigenvalue weighted by Gasteiger charge is 2.24. The molecule has 9 heteroatoms. The summed E-state index contributed by atoms with van der Waals surface area (Å²) in [6.07, 6.45) is 1.81.